The monoisotopic (exact) mass is 87.0 g/mol. The Labute approximate surface area is 35.8 Å². The van der Waals surface area contributed by atoms with Crippen LogP contribution in [-0.4, -0.2) is 13.3 Å². The fourth-order valence-corrected chi connectivity index (χ4v) is 0.0983. The summed E-state index contributed by atoms with van der Waals surface area (Å²) in [6.45, 7) is -1.20. The van der Waals surface area contributed by atoms with Crippen LogP contribution in [0.5, 0.6) is 0 Å². The van der Waals surface area contributed by atoms with Crippen molar-refractivity contribution in [2.45, 2.75) is 0 Å². The van der Waals surface area contributed by atoms with Crippen LogP contribution in [0, 0.1) is 11.8 Å². The molecule has 0 heterocycles. The van der Waals surface area contributed by atoms with Crippen LogP contribution in [-0.2, 0) is 5.11 Å². The first kappa shape index (κ1) is 5.45. The first-order valence-electron chi connectivity index (χ1n) is 1.51. The molecule has 0 rings (SSSR count). The molecule has 0 saturated heterocycles. The van der Waals surface area contributed by atoms with Gasteiger partial charge in [-0.05, 0) is 0 Å². The summed E-state index contributed by atoms with van der Waals surface area (Å²) in [7, 11) is 0. The van der Waals surface area contributed by atoms with Crippen LogP contribution in [0.15, 0.2) is 0 Å². The van der Waals surface area contributed by atoms with Crippen LogP contribution < -0.4 is 0 Å². The molecule has 0 amide bonds. The predicted octanol–water partition coefficient (Wildman–Crippen LogP) is 0.390. The molecule has 1 radical (unpaired) electrons. The molecule has 0 unspecified atom stereocenters. The maximum atomic E-state index is 10.9. The van der Waals surface area contributed by atoms with Crippen molar-refractivity contribution in [2.24, 2.45) is 0 Å². The lowest BCUT2D eigenvalue weighted by molar-refractivity contribution is 0.239. The van der Waals surface area contributed by atoms with Crippen molar-refractivity contribution in [1.29, 1.82) is 0 Å². The molecule has 0 aromatic carbocycles. The van der Waals surface area contributed by atoms with Crippen LogP contribution in [0.1, 0.15) is 0 Å². The van der Waals surface area contributed by atoms with Crippen LogP contribution in [0.3, 0.4) is 0 Å². The zero-order valence-electron chi connectivity index (χ0n) is 3.20. The van der Waals surface area contributed by atoms with Gasteiger partial charge in [0.15, 0.2) is 0 Å². The molecule has 0 saturated carbocycles. The molecule has 0 spiro atoms. The van der Waals surface area contributed by atoms with Gasteiger partial charge in [0.25, 0.3) is 0 Å². The summed E-state index contributed by atoms with van der Waals surface area (Å²) >= 11 is 0. The van der Waals surface area contributed by atoms with Crippen molar-refractivity contribution in [2.75, 3.05) is 13.3 Å². The summed E-state index contributed by atoms with van der Waals surface area (Å²) < 4.78 is 10.9. The average molecular weight is 87.1 g/mol. The van der Waals surface area contributed by atoms with E-state index in [2.05, 4.69) is 0 Å². The van der Waals surface area contributed by atoms with Gasteiger partial charge < -0.3 is 0 Å². The number of hydrogen-bond donors (Lipinski definition) is 0. The van der Waals surface area contributed by atoms with Crippen molar-refractivity contribution in [1.82, 2.24) is 0 Å². The van der Waals surface area contributed by atoms with Crippen LogP contribution >= 0.6 is 0 Å². The van der Waals surface area contributed by atoms with Gasteiger partial charge in [0.05, 0.1) is 0 Å². The Kier molecular flexibility index (Phi) is 4.04. The SMILES string of the molecule is [O]CC#CCF. The fourth-order valence-electron chi connectivity index (χ4n) is 0.0983. The summed E-state index contributed by atoms with van der Waals surface area (Å²) in [6.07, 6.45) is 0. The molecule has 0 aromatic rings. The highest BCUT2D eigenvalue weighted by Gasteiger charge is 1.61. The Hall–Kier alpha value is -0.550. The minimum atomic E-state index is -0.706. The van der Waals surface area contributed by atoms with Gasteiger partial charge in [0.2, 0.25) is 0 Å². The van der Waals surface area contributed by atoms with Gasteiger partial charge >= 0.3 is 0 Å². The summed E-state index contributed by atoms with van der Waals surface area (Å²) in [5.74, 6) is 3.99. The predicted molar refractivity (Wildman–Crippen MR) is 19.3 cm³/mol. The first-order valence-corrected chi connectivity index (χ1v) is 1.51. The standard InChI is InChI=1S/C4H4FO/c5-3-1-2-4-6/h3-4H2. The van der Waals surface area contributed by atoms with E-state index in [9.17, 15) is 9.50 Å². The van der Waals surface area contributed by atoms with Gasteiger partial charge in [0.1, 0.15) is 13.3 Å². The molecule has 0 fully saturated rings. The van der Waals surface area contributed by atoms with Gasteiger partial charge in [0, 0.05) is 0 Å². The molecule has 33 valence electrons. The van der Waals surface area contributed by atoms with E-state index in [1.54, 1.807) is 0 Å². The highest BCUT2D eigenvalue weighted by atomic mass is 19.1. The zero-order chi connectivity index (χ0) is 4.83. The van der Waals surface area contributed by atoms with E-state index in [1.165, 1.54) is 0 Å². The van der Waals surface area contributed by atoms with E-state index in [0.29, 0.717) is 0 Å². The van der Waals surface area contributed by atoms with Crippen LogP contribution in [0.25, 0.3) is 0 Å². The third kappa shape index (κ3) is 3.45. The second-order valence-electron chi connectivity index (χ2n) is 0.632. The molecule has 0 aliphatic carbocycles. The normalized spacial score (nSPS) is 6.33. The minimum Gasteiger partial charge on any atom is -0.237 e. The smallest absolute Gasteiger partial charge is 0.150 e. The largest absolute Gasteiger partial charge is 0.237 e. The molecule has 0 atom stereocenters. The number of halogens is 1. The molecule has 1 nitrogen and oxygen atoms in total. The Morgan fingerprint density at radius 3 is 2.33 bits per heavy atom. The maximum Gasteiger partial charge on any atom is 0.150 e. The van der Waals surface area contributed by atoms with E-state index in [-0.39, 0.29) is 0 Å². The highest BCUT2D eigenvalue weighted by Crippen LogP contribution is 1.57. The number of rotatable bonds is 0. The third-order valence-corrected chi connectivity index (χ3v) is 0.264. The molecule has 0 bridgehead atoms. The molecular weight excluding hydrogens is 83.0 g/mol. The highest BCUT2D eigenvalue weighted by molar-refractivity contribution is 4.97. The van der Waals surface area contributed by atoms with E-state index in [1.807, 2.05) is 11.8 Å². The van der Waals surface area contributed by atoms with E-state index < -0.39 is 13.3 Å². The lowest BCUT2D eigenvalue weighted by atomic mass is 10.6. The quantitative estimate of drug-likeness (QED) is 0.381. The Morgan fingerprint density at radius 2 is 2.17 bits per heavy atom. The lowest BCUT2D eigenvalue weighted by Gasteiger charge is -1.61. The Balaban J connectivity index is 2.90. The van der Waals surface area contributed by atoms with Crippen molar-refractivity contribution >= 4 is 0 Å². The van der Waals surface area contributed by atoms with Crippen LogP contribution in [0.4, 0.5) is 4.39 Å². The molecule has 0 N–H and O–H groups in total. The molecular formula is C4H4FO. The molecule has 0 aliphatic rings. The molecule has 2 heteroatoms. The van der Waals surface area contributed by atoms with E-state index in [4.69, 9.17) is 0 Å². The van der Waals surface area contributed by atoms with Gasteiger partial charge in [-0.25, -0.2) is 9.50 Å². The van der Waals surface area contributed by atoms with Crippen LogP contribution in [0.2, 0.25) is 0 Å². The van der Waals surface area contributed by atoms with Crippen molar-refractivity contribution in [3.05, 3.63) is 0 Å². The maximum absolute atomic E-state index is 10.9. The second kappa shape index (κ2) is 4.45. The van der Waals surface area contributed by atoms with Crippen molar-refractivity contribution < 1.29 is 9.50 Å². The lowest BCUT2D eigenvalue weighted by Crippen LogP contribution is -1.68. The van der Waals surface area contributed by atoms with Gasteiger partial charge in [-0.15, -0.1) is 0 Å². The van der Waals surface area contributed by atoms with E-state index in [0.717, 1.165) is 0 Å². The topological polar surface area (TPSA) is 19.9 Å². The average Bonchev–Trinajstić information content (AvgIpc) is 1.61. The molecule has 6 heavy (non-hydrogen) atoms. The van der Waals surface area contributed by atoms with Crippen molar-refractivity contribution in [3.8, 4) is 11.8 Å². The van der Waals surface area contributed by atoms with E-state index >= 15 is 0 Å². The summed E-state index contributed by atoms with van der Waals surface area (Å²) in [6, 6.07) is 0. The summed E-state index contributed by atoms with van der Waals surface area (Å²) in [5.41, 5.74) is 0. The third-order valence-electron chi connectivity index (χ3n) is 0.264. The fraction of sp³-hybridized carbons (Fsp3) is 0.500. The summed E-state index contributed by atoms with van der Waals surface area (Å²) in [5, 5.41) is 9.35. The zero-order valence-corrected chi connectivity index (χ0v) is 3.20. The summed E-state index contributed by atoms with van der Waals surface area (Å²) in [4.78, 5) is 0. The van der Waals surface area contributed by atoms with Gasteiger partial charge in [-0.3, -0.25) is 0 Å². The first-order chi connectivity index (χ1) is 2.91. The van der Waals surface area contributed by atoms with Crippen molar-refractivity contribution in [3.63, 3.8) is 0 Å². The number of alkyl halides is 1. The molecule has 0 aromatic heterocycles. The number of hydrogen-bond acceptors (Lipinski definition) is 0. The minimum absolute atomic E-state index is 0.496. The Bertz CT molecular complexity index is 61.4. The second-order valence-corrected chi connectivity index (χ2v) is 0.632. The van der Waals surface area contributed by atoms with Gasteiger partial charge in [-0.2, -0.15) is 0 Å². The van der Waals surface area contributed by atoms with Gasteiger partial charge in [-0.1, -0.05) is 11.8 Å². The Morgan fingerprint density at radius 1 is 1.50 bits per heavy atom. The molecule has 0 aliphatic heterocycles.